The Balaban J connectivity index is 1.53. The number of aliphatic hydroxyl groups is 1. The minimum absolute atomic E-state index is 0.129. The van der Waals surface area contributed by atoms with Gasteiger partial charge in [-0.2, -0.15) is 0 Å². The minimum atomic E-state index is -0.129. The van der Waals surface area contributed by atoms with Crippen LogP contribution < -0.4 is 0 Å². The lowest BCUT2D eigenvalue weighted by Crippen LogP contribution is -2.37. The van der Waals surface area contributed by atoms with Gasteiger partial charge in [0.05, 0.1) is 19.3 Å². The molecule has 0 spiro atoms. The molecule has 1 N–H and O–H groups in total. The molecule has 2 aliphatic heterocycles. The first kappa shape index (κ1) is 19.7. The van der Waals surface area contributed by atoms with Crippen LogP contribution in [0.25, 0.3) is 0 Å². The van der Waals surface area contributed by atoms with Gasteiger partial charge in [0, 0.05) is 45.8 Å². The monoisotopic (exact) mass is 365 g/mol. The van der Waals surface area contributed by atoms with Gasteiger partial charge in [-0.3, -0.25) is 4.90 Å². The summed E-state index contributed by atoms with van der Waals surface area (Å²) in [6, 6.07) is 0. The molecule has 0 unspecified atom stereocenters. The molecule has 2 saturated heterocycles. The second-order valence-electron chi connectivity index (χ2n) is 7.79. The Hall–Kier alpha value is -1.02. The second kappa shape index (κ2) is 9.78. The standard InChI is InChI=1S/C19H35N5O2/c1-3-12-26-13-11-23-8-4-5-16(14-23)19-21-20-18(22(19)2)15-24-9-6-17(25)7-10-24/h16-17,25H,3-15H2,1-2H3/t16-/m1/s1. The number of aliphatic hydroxyl groups excluding tert-OH is 1. The van der Waals surface area contributed by atoms with Crippen LogP contribution in [0.1, 0.15) is 56.6 Å². The molecule has 1 aromatic heterocycles. The molecule has 7 heteroatoms. The first-order valence-corrected chi connectivity index (χ1v) is 10.3. The first-order chi connectivity index (χ1) is 12.7. The van der Waals surface area contributed by atoms with E-state index in [2.05, 4.69) is 38.5 Å². The molecule has 1 aromatic rings. The molecule has 3 heterocycles. The summed E-state index contributed by atoms with van der Waals surface area (Å²) in [5.41, 5.74) is 0. The van der Waals surface area contributed by atoms with E-state index in [0.29, 0.717) is 5.92 Å². The van der Waals surface area contributed by atoms with E-state index < -0.39 is 0 Å². The van der Waals surface area contributed by atoms with Crippen molar-refractivity contribution in [3.8, 4) is 0 Å². The van der Waals surface area contributed by atoms with Gasteiger partial charge in [-0.1, -0.05) is 6.92 Å². The van der Waals surface area contributed by atoms with E-state index >= 15 is 0 Å². The maximum absolute atomic E-state index is 9.66. The molecule has 0 aliphatic carbocycles. The average molecular weight is 366 g/mol. The molecule has 0 radical (unpaired) electrons. The lowest BCUT2D eigenvalue weighted by atomic mass is 9.97. The van der Waals surface area contributed by atoms with Crippen LogP contribution in [-0.4, -0.2) is 81.7 Å². The van der Waals surface area contributed by atoms with Crippen LogP contribution in [0.4, 0.5) is 0 Å². The quantitative estimate of drug-likeness (QED) is 0.702. The molecule has 2 fully saturated rings. The zero-order chi connectivity index (χ0) is 18.4. The highest BCUT2D eigenvalue weighted by atomic mass is 16.5. The third-order valence-electron chi connectivity index (χ3n) is 5.69. The third-order valence-corrected chi connectivity index (χ3v) is 5.69. The van der Waals surface area contributed by atoms with Gasteiger partial charge in [0.2, 0.25) is 0 Å². The summed E-state index contributed by atoms with van der Waals surface area (Å²) in [5.74, 6) is 2.63. The summed E-state index contributed by atoms with van der Waals surface area (Å²) in [6.07, 6.45) is 5.08. The van der Waals surface area contributed by atoms with Crippen molar-refractivity contribution in [1.29, 1.82) is 0 Å². The van der Waals surface area contributed by atoms with Crippen molar-refractivity contribution in [3.63, 3.8) is 0 Å². The number of nitrogens with zero attached hydrogens (tertiary/aromatic N) is 5. The van der Waals surface area contributed by atoms with E-state index in [1.165, 1.54) is 12.8 Å². The molecule has 7 nitrogen and oxygen atoms in total. The normalized spacial score (nSPS) is 23.6. The Morgan fingerprint density at radius 2 is 1.88 bits per heavy atom. The predicted octanol–water partition coefficient (Wildman–Crippen LogP) is 1.38. The summed E-state index contributed by atoms with van der Waals surface area (Å²) in [6.45, 7) is 9.77. The van der Waals surface area contributed by atoms with Gasteiger partial charge in [0.25, 0.3) is 0 Å². The molecule has 3 rings (SSSR count). The van der Waals surface area contributed by atoms with Gasteiger partial charge >= 0.3 is 0 Å². The molecular formula is C19H35N5O2. The SMILES string of the molecule is CCCOCCN1CCC[C@@H](c2nnc(CN3CCC(O)CC3)n2C)C1. The fraction of sp³-hybridized carbons (Fsp3) is 0.895. The number of hydrogen-bond acceptors (Lipinski definition) is 6. The van der Waals surface area contributed by atoms with Crippen molar-refractivity contribution in [2.45, 2.75) is 57.6 Å². The van der Waals surface area contributed by atoms with Gasteiger partial charge in [0.1, 0.15) is 11.6 Å². The second-order valence-corrected chi connectivity index (χ2v) is 7.79. The Kier molecular flexibility index (Phi) is 7.42. The number of rotatable bonds is 8. The van der Waals surface area contributed by atoms with Crippen LogP contribution in [0.5, 0.6) is 0 Å². The Morgan fingerprint density at radius 3 is 2.65 bits per heavy atom. The Bertz CT molecular complexity index is 542. The predicted molar refractivity (Wildman–Crippen MR) is 101 cm³/mol. The highest BCUT2D eigenvalue weighted by Crippen LogP contribution is 2.26. The average Bonchev–Trinajstić information content (AvgIpc) is 3.01. The minimum Gasteiger partial charge on any atom is -0.393 e. The zero-order valence-corrected chi connectivity index (χ0v) is 16.4. The zero-order valence-electron chi connectivity index (χ0n) is 16.4. The molecule has 0 amide bonds. The van der Waals surface area contributed by atoms with E-state index in [1.54, 1.807) is 0 Å². The fourth-order valence-electron chi connectivity index (χ4n) is 4.06. The molecule has 1 atom stereocenters. The summed E-state index contributed by atoms with van der Waals surface area (Å²) in [7, 11) is 2.10. The van der Waals surface area contributed by atoms with Crippen molar-refractivity contribution in [3.05, 3.63) is 11.6 Å². The van der Waals surface area contributed by atoms with Gasteiger partial charge < -0.3 is 19.3 Å². The number of likely N-dealkylation sites (tertiary alicyclic amines) is 2. The van der Waals surface area contributed by atoms with Crippen LogP contribution in [-0.2, 0) is 18.3 Å². The fourth-order valence-corrected chi connectivity index (χ4v) is 4.06. The summed E-state index contributed by atoms with van der Waals surface area (Å²) < 4.78 is 7.85. The third kappa shape index (κ3) is 5.25. The number of aromatic nitrogens is 3. The van der Waals surface area contributed by atoms with Crippen molar-refractivity contribution in [2.75, 3.05) is 45.9 Å². The van der Waals surface area contributed by atoms with Crippen LogP contribution in [0.3, 0.4) is 0 Å². The van der Waals surface area contributed by atoms with Crippen molar-refractivity contribution in [2.24, 2.45) is 7.05 Å². The van der Waals surface area contributed by atoms with E-state index in [9.17, 15) is 5.11 Å². The van der Waals surface area contributed by atoms with E-state index in [0.717, 1.165) is 83.4 Å². The maximum atomic E-state index is 9.66. The van der Waals surface area contributed by atoms with Crippen LogP contribution >= 0.6 is 0 Å². The van der Waals surface area contributed by atoms with E-state index in [4.69, 9.17) is 4.74 Å². The molecule has 148 valence electrons. The topological polar surface area (TPSA) is 66.7 Å². The van der Waals surface area contributed by atoms with Crippen LogP contribution in [0, 0.1) is 0 Å². The van der Waals surface area contributed by atoms with Gasteiger partial charge in [-0.25, -0.2) is 0 Å². The Morgan fingerprint density at radius 1 is 1.08 bits per heavy atom. The van der Waals surface area contributed by atoms with Crippen molar-refractivity contribution in [1.82, 2.24) is 24.6 Å². The smallest absolute Gasteiger partial charge is 0.146 e. The van der Waals surface area contributed by atoms with Crippen LogP contribution in [0.2, 0.25) is 0 Å². The summed E-state index contributed by atoms with van der Waals surface area (Å²) in [5, 5.41) is 18.7. The molecule has 0 aromatic carbocycles. The van der Waals surface area contributed by atoms with Gasteiger partial charge in [-0.05, 0) is 38.6 Å². The van der Waals surface area contributed by atoms with E-state index in [-0.39, 0.29) is 6.10 Å². The summed E-state index contributed by atoms with van der Waals surface area (Å²) in [4.78, 5) is 4.88. The molecule has 0 bridgehead atoms. The molecule has 2 aliphatic rings. The number of piperidine rings is 2. The number of ether oxygens (including phenoxy) is 1. The first-order valence-electron chi connectivity index (χ1n) is 10.3. The van der Waals surface area contributed by atoms with Gasteiger partial charge in [0.15, 0.2) is 0 Å². The van der Waals surface area contributed by atoms with Crippen molar-refractivity contribution >= 4 is 0 Å². The Labute approximate surface area is 157 Å². The summed E-state index contributed by atoms with van der Waals surface area (Å²) >= 11 is 0. The van der Waals surface area contributed by atoms with E-state index in [1.807, 2.05) is 0 Å². The maximum Gasteiger partial charge on any atom is 0.146 e. The lowest BCUT2D eigenvalue weighted by Gasteiger charge is -2.32. The van der Waals surface area contributed by atoms with Crippen molar-refractivity contribution < 1.29 is 9.84 Å². The van der Waals surface area contributed by atoms with Gasteiger partial charge in [-0.15, -0.1) is 10.2 Å². The molecule has 0 saturated carbocycles. The number of hydrogen-bond donors (Lipinski definition) is 1. The molecule has 26 heavy (non-hydrogen) atoms. The highest BCUT2D eigenvalue weighted by Gasteiger charge is 2.26. The lowest BCUT2D eigenvalue weighted by molar-refractivity contribution is 0.0775. The molecular weight excluding hydrogens is 330 g/mol. The highest BCUT2D eigenvalue weighted by molar-refractivity contribution is 5.04. The largest absolute Gasteiger partial charge is 0.393 e. The van der Waals surface area contributed by atoms with Crippen LogP contribution in [0.15, 0.2) is 0 Å².